The number of aromatic nitrogens is 2. The molecular weight excluding hydrogens is 324 g/mol. The molecule has 2 aromatic heterocycles. The molecule has 0 unspecified atom stereocenters. The second-order valence-electron chi connectivity index (χ2n) is 6.16. The molecule has 0 aliphatic carbocycles. The summed E-state index contributed by atoms with van der Waals surface area (Å²) in [5, 5.41) is 6.06. The van der Waals surface area contributed by atoms with Gasteiger partial charge in [-0.25, -0.2) is 4.98 Å². The van der Waals surface area contributed by atoms with Crippen molar-refractivity contribution in [3.05, 3.63) is 40.6 Å². The van der Waals surface area contributed by atoms with Crippen molar-refractivity contribution < 1.29 is 9.53 Å². The highest BCUT2D eigenvalue weighted by Gasteiger charge is 2.24. The molecule has 7 heteroatoms. The average Bonchev–Trinajstić information content (AvgIpc) is 3.17. The second kappa shape index (κ2) is 8.41. The van der Waals surface area contributed by atoms with Gasteiger partial charge in [-0.3, -0.25) is 9.69 Å². The molecule has 0 saturated heterocycles. The van der Waals surface area contributed by atoms with Gasteiger partial charge in [0.25, 0.3) is 0 Å². The van der Waals surface area contributed by atoms with Gasteiger partial charge in [0.2, 0.25) is 5.91 Å². The molecule has 24 heavy (non-hydrogen) atoms. The Morgan fingerprint density at radius 3 is 3.21 bits per heavy atom. The summed E-state index contributed by atoms with van der Waals surface area (Å²) < 4.78 is 7.25. The second-order valence-corrected chi connectivity index (χ2v) is 7.14. The summed E-state index contributed by atoms with van der Waals surface area (Å²) >= 11 is 1.68. The number of amides is 1. The number of carbonyl (C=O) groups is 1. The van der Waals surface area contributed by atoms with Gasteiger partial charge < -0.3 is 14.6 Å². The Bertz CT molecular complexity index is 641. The maximum atomic E-state index is 12.2. The third-order valence-corrected chi connectivity index (χ3v) is 4.99. The van der Waals surface area contributed by atoms with Gasteiger partial charge in [0, 0.05) is 63.2 Å². The van der Waals surface area contributed by atoms with Crippen molar-refractivity contribution in [2.75, 3.05) is 26.8 Å². The predicted octanol–water partition coefficient (Wildman–Crippen LogP) is 1.73. The predicted molar refractivity (Wildman–Crippen MR) is 93.7 cm³/mol. The highest BCUT2D eigenvalue weighted by Crippen LogP contribution is 2.21. The number of nitrogens with zero attached hydrogens (tertiary/aromatic N) is 3. The van der Waals surface area contributed by atoms with E-state index in [1.54, 1.807) is 18.4 Å². The first-order chi connectivity index (χ1) is 11.7. The molecule has 0 saturated carbocycles. The summed E-state index contributed by atoms with van der Waals surface area (Å²) in [6.45, 7) is 4.64. The minimum Gasteiger partial charge on any atom is -0.383 e. The summed E-state index contributed by atoms with van der Waals surface area (Å²) in [6.07, 6.45) is 4.50. The standard InChI is InChI=1S/C17H24N4O2S/c1-23-7-4-18-16(22)9-14-10-20(13-17-19-5-8-24-17)12-15-3-2-6-21(15)11-14/h2-3,5-6,8,14H,4,7,9-13H2,1H3,(H,18,22)/t14-/m0/s1. The highest BCUT2D eigenvalue weighted by atomic mass is 32.1. The molecule has 0 fully saturated rings. The van der Waals surface area contributed by atoms with Crippen molar-refractivity contribution in [2.24, 2.45) is 5.92 Å². The summed E-state index contributed by atoms with van der Waals surface area (Å²) in [4.78, 5) is 19.0. The van der Waals surface area contributed by atoms with Crippen molar-refractivity contribution >= 4 is 17.2 Å². The van der Waals surface area contributed by atoms with Crippen LogP contribution in [0.25, 0.3) is 0 Å². The Labute approximate surface area is 146 Å². The van der Waals surface area contributed by atoms with Gasteiger partial charge in [-0.1, -0.05) is 0 Å². The van der Waals surface area contributed by atoms with Crippen molar-refractivity contribution in [1.82, 2.24) is 19.8 Å². The monoisotopic (exact) mass is 348 g/mol. The van der Waals surface area contributed by atoms with Crippen LogP contribution >= 0.6 is 11.3 Å². The van der Waals surface area contributed by atoms with Crippen LogP contribution in [0.3, 0.4) is 0 Å². The lowest BCUT2D eigenvalue weighted by Gasteiger charge is -2.22. The zero-order valence-corrected chi connectivity index (χ0v) is 14.8. The van der Waals surface area contributed by atoms with Crippen LogP contribution in [0, 0.1) is 5.92 Å². The molecule has 3 heterocycles. The molecular formula is C17H24N4O2S. The minimum absolute atomic E-state index is 0.0989. The average molecular weight is 348 g/mol. The highest BCUT2D eigenvalue weighted by molar-refractivity contribution is 7.09. The van der Waals surface area contributed by atoms with Crippen LogP contribution in [0.15, 0.2) is 29.9 Å². The zero-order chi connectivity index (χ0) is 16.8. The fraction of sp³-hybridized carbons (Fsp3) is 0.529. The number of hydrogen-bond donors (Lipinski definition) is 1. The Morgan fingerprint density at radius 2 is 2.42 bits per heavy atom. The molecule has 1 atom stereocenters. The molecule has 1 aliphatic heterocycles. The number of nitrogens with one attached hydrogen (secondary N) is 1. The summed E-state index contributed by atoms with van der Waals surface area (Å²) in [7, 11) is 1.64. The van der Waals surface area contributed by atoms with Gasteiger partial charge in [-0.05, 0) is 18.1 Å². The number of ether oxygens (including phenoxy) is 1. The van der Waals surface area contributed by atoms with E-state index >= 15 is 0 Å². The Hall–Kier alpha value is -1.70. The van der Waals surface area contributed by atoms with E-state index in [-0.39, 0.29) is 5.91 Å². The van der Waals surface area contributed by atoms with Gasteiger partial charge in [-0.15, -0.1) is 11.3 Å². The van der Waals surface area contributed by atoms with Crippen LogP contribution in [0.2, 0.25) is 0 Å². The number of hydrogen-bond acceptors (Lipinski definition) is 5. The topological polar surface area (TPSA) is 59.4 Å². The Balaban J connectivity index is 1.64. The molecule has 0 spiro atoms. The SMILES string of the molecule is COCCNC(=O)C[C@H]1CN(Cc2nccs2)Cc2cccn2C1. The molecule has 3 rings (SSSR count). The van der Waals surface area contributed by atoms with Crippen molar-refractivity contribution in [2.45, 2.75) is 26.1 Å². The van der Waals surface area contributed by atoms with Gasteiger partial charge in [0.05, 0.1) is 13.2 Å². The number of thiazole rings is 1. The Morgan fingerprint density at radius 1 is 1.50 bits per heavy atom. The van der Waals surface area contributed by atoms with Crippen LogP contribution in [0.1, 0.15) is 17.1 Å². The smallest absolute Gasteiger partial charge is 0.220 e. The van der Waals surface area contributed by atoms with E-state index in [1.807, 2.05) is 11.6 Å². The first-order valence-electron chi connectivity index (χ1n) is 8.25. The largest absolute Gasteiger partial charge is 0.383 e. The fourth-order valence-electron chi connectivity index (χ4n) is 3.16. The molecule has 0 radical (unpaired) electrons. The Kier molecular flexibility index (Phi) is 6.01. The molecule has 0 bridgehead atoms. The third kappa shape index (κ3) is 4.66. The molecule has 1 amide bonds. The van der Waals surface area contributed by atoms with E-state index in [9.17, 15) is 4.79 Å². The maximum Gasteiger partial charge on any atom is 0.220 e. The lowest BCUT2D eigenvalue weighted by molar-refractivity contribution is -0.122. The van der Waals surface area contributed by atoms with Crippen LogP contribution in [-0.2, 0) is 29.2 Å². The summed E-state index contributed by atoms with van der Waals surface area (Å²) in [5.41, 5.74) is 1.30. The van der Waals surface area contributed by atoms with Gasteiger partial charge in [0.1, 0.15) is 5.01 Å². The first-order valence-corrected chi connectivity index (χ1v) is 9.13. The number of methoxy groups -OCH3 is 1. The minimum atomic E-state index is 0.0989. The molecule has 130 valence electrons. The van der Waals surface area contributed by atoms with Crippen molar-refractivity contribution in [3.8, 4) is 0 Å². The summed E-state index contributed by atoms with van der Waals surface area (Å²) in [6, 6.07) is 4.24. The quantitative estimate of drug-likeness (QED) is 0.774. The molecule has 6 nitrogen and oxygen atoms in total. The maximum absolute atomic E-state index is 12.2. The fourth-order valence-corrected chi connectivity index (χ4v) is 3.82. The first kappa shape index (κ1) is 17.1. The van der Waals surface area contributed by atoms with E-state index < -0.39 is 0 Å². The number of carbonyl (C=O) groups excluding carboxylic acids is 1. The zero-order valence-electron chi connectivity index (χ0n) is 14.0. The van der Waals surface area contributed by atoms with Gasteiger partial charge in [-0.2, -0.15) is 0 Å². The normalized spacial score (nSPS) is 18.1. The van der Waals surface area contributed by atoms with Gasteiger partial charge >= 0.3 is 0 Å². The molecule has 2 aromatic rings. The lowest BCUT2D eigenvalue weighted by atomic mass is 10.0. The van der Waals surface area contributed by atoms with Crippen molar-refractivity contribution in [1.29, 1.82) is 0 Å². The summed E-state index contributed by atoms with van der Waals surface area (Å²) in [5.74, 6) is 0.392. The van der Waals surface area contributed by atoms with E-state index in [4.69, 9.17) is 4.74 Å². The lowest BCUT2D eigenvalue weighted by Crippen LogP contribution is -2.33. The van der Waals surface area contributed by atoms with E-state index in [0.717, 1.165) is 31.2 Å². The molecule has 1 aliphatic rings. The third-order valence-electron chi connectivity index (χ3n) is 4.23. The van der Waals surface area contributed by atoms with E-state index in [0.29, 0.717) is 25.5 Å². The van der Waals surface area contributed by atoms with E-state index in [1.165, 1.54) is 5.69 Å². The van der Waals surface area contributed by atoms with Crippen LogP contribution in [-0.4, -0.2) is 47.2 Å². The number of fused-ring (bicyclic) bond motifs is 1. The van der Waals surface area contributed by atoms with Gasteiger partial charge in [0.15, 0.2) is 0 Å². The molecule has 1 N–H and O–H groups in total. The molecule has 0 aromatic carbocycles. The van der Waals surface area contributed by atoms with Crippen molar-refractivity contribution in [3.63, 3.8) is 0 Å². The van der Waals surface area contributed by atoms with E-state index in [2.05, 4.69) is 38.1 Å². The van der Waals surface area contributed by atoms with Crippen LogP contribution in [0.4, 0.5) is 0 Å². The van der Waals surface area contributed by atoms with Crippen LogP contribution < -0.4 is 5.32 Å². The number of rotatable bonds is 7. The van der Waals surface area contributed by atoms with Crippen LogP contribution in [0.5, 0.6) is 0 Å².